The van der Waals surface area contributed by atoms with Gasteiger partial charge in [0.05, 0.1) is 0 Å². The molecular weight excluding hydrogens is 290 g/mol. The number of hydrogen-bond donors (Lipinski definition) is 1. The van der Waals surface area contributed by atoms with Crippen LogP contribution in [0.5, 0.6) is 0 Å². The van der Waals surface area contributed by atoms with Crippen molar-refractivity contribution < 1.29 is 0 Å². The Bertz CT molecular complexity index is 628. The normalized spacial score (nSPS) is 15.8. The standard InChI is InChI=1S/C23H31N/c1-4-6-7-12-17-23(18(3)24-5-2)21-15-10-8-13-19(21)20-14-9-11-16-22(20)23/h8-11,13-16,18,24H,4-7,12,17H2,1-3H3. The minimum atomic E-state index is 0.108. The molecule has 1 heteroatoms. The minimum Gasteiger partial charge on any atom is -0.313 e. The lowest BCUT2D eigenvalue weighted by Gasteiger charge is -2.39. The van der Waals surface area contributed by atoms with E-state index < -0.39 is 0 Å². The zero-order valence-electron chi connectivity index (χ0n) is 15.4. The van der Waals surface area contributed by atoms with Crippen LogP contribution >= 0.6 is 0 Å². The third kappa shape index (κ3) is 2.80. The van der Waals surface area contributed by atoms with Crippen LogP contribution in [-0.4, -0.2) is 12.6 Å². The van der Waals surface area contributed by atoms with Crippen LogP contribution in [0.25, 0.3) is 11.1 Å². The maximum atomic E-state index is 3.75. The van der Waals surface area contributed by atoms with E-state index in [0.29, 0.717) is 6.04 Å². The molecule has 2 aromatic rings. The summed E-state index contributed by atoms with van der Waals surface area (Å²) in [6.45, 7) is 7.90. The van der Waals surface area contributed by atoms with Crippen molar-refractivity contribution in [3.05, 3.63) is 59.7 Å². The predicted octanol–water partition coefficient (Wildman–Crippen LogP) is 5.92. The molecule has 128 valence electrons. The van der Waals surface area contributed by atoms with Crippen LogP contribution in [0.4, 0.5) is 0 Å². The van der Waals surface area contributed by atoms with Gasteiger partial charge in [-0.2, -0.15) is 0 Å². The Morgan fingerprint density at radius 2 is 1.42 bits per heavy atom. The fourth-order valence-electron chi connectivity index (χ4n) is 4.62. The minimum absolute atomic E-state index is 0.108. The first-order valence-corrected chi connectivity index (χ1v) is 9.68. The van der Waals surface area contributed by atoms with Crippen molar-refractivity contribution in [1.29, 1.82) is 0 Å². The van der Waals surface area contributed by atoms with E-state index in [0.717, 1.165) is 6.54 Å². The molecule has 1 nitrogen and oxygen atoms in total. The third-order valence-electron chi connectivity index (χ3n) is 5.78. The predicted molar refractivity (Wildman–Crippen MR) is 105 cm³/mol. The fraction of sp³-hybridized carbons (Fsp3) is 0.478. The average Bonchev–Trinajstić information content (AvgIpc) is 2.91. The maximum Gasteiger partial charge on any atom is 0.0365 e. The first-order chi connectivity index (χ1) is 11.8. The van der Waals surface area contributed by atoms with E-state index in [2.05, 4.69) is 74.6 Å². The van der Waals surface area contributed by atoms with Crippen LogP contribution in [0, 0.1) is 0 Å². The Hall–Kier alpha value is -1.60. The molecule has 0 radical (unpaired) electrons. The maximum absolute atomic E-state index is 3.75. The second kappa shape index (κ2) is 7.53. The van der Waals surface area contributed by atoms with Gasteiger partial charge in [-0.25, -0.2) is 0 Å². The Morgan fingerprint density at radius 1 is 0.833 bits per heavy atom. The lowest BCUT2D eigenvalue weighted by molar-refractivity contribution is 0.340. The molecule has 1 unspecified atom stereocenters. The van der Waals surface area contributed by atoms with Crippen molar-refractivity contribution in [2.24, 2.45) is 0 Å². The summed E-state index contributed by atoms with van der Waals surface area (Å²) in [6, 6.07) is 18.6. The monoisotopic (exact) mass is 321 g/mol. The van der Waals surface area contributed by atoms with E-state index >= 15 is 0 Å². The molecule has 0 aromatic heterocycles. The lowest BCUT2D eigenvalue weighted by atomic mass is 9.69. The van der Waals surface area contributed by atoms with Gasteiger partial charge in [0.2, 0.25) is 0 Å². The molecule has 0 amide bonds. The van der Waals surface area contributed by atoms with Crippen molar-refractivity contribution in [3.8, 4) is 11.1 Å². The quantitative estimate of drug-likeness (QED) is 0.595. The molecule has 0 spiro atoms. The first kappa shape index (κ1) is 17.2. The number of rotatable bonds is 8. The molecule has 2 aromatic carbocycles. The van der Waals surface area contributed by atoms with Crippen molar-refractivity contribution in [1.82, 2.24) is 5.32 Å². The van der Waals surface area contributed by atoms with E-state index in [1.54, 1.807) is 0 Å². The van der Waals surface area contributed by atoms with Crippen LogP contribution < -0.4 is 5.32 Å². The van der Waals surface area contributed by atoms with Gasteiger partial charge in [-0.1, -0.05) is 88.1 Å². The van der Waals surface area contributed by atoms with Crippen molar-refractivity contribution in [2.45, 2.75) is 64.3 Å². The molecule has 0 saturated carbocycles. The van der Waals surface area contributed by atoms with Gasteiger partial charge in [0, 0.05) is 11.5 Å². The van der Waals surface area contributed by atoms with Gasteiger partial charge in [-0.15, -0.1) is 0 Å². The van der Waals surface area contributed by atoms with Crippen LogP contribution in [-0.2, 0) is 5.41 Å². The Morgan fingerprint density at radius 3 is 1.96 bits per heavy atom. The molecule has 0 bridgehead atoms. The summed E-state index contributed by atoms with van der Waals surface area (Å²) in [5.41, 5.74) is 6.03. The summed E-state index contributed by atoms with van der Waals surface area (Å²) in [5.74, 6) is 0. The average molecular weight is 322 g/mol. The lowest BCUT2D eigenvalue weighted by Crippen LogP contribution is -2.46. The molecule has 1 aliphatic rings. The fourth-order valence-corrected chi connectivity index (χ4v) is 4.62. The van der Waals surface area contributed by atoms with E-state index in [9.17, 15) is 0 Å². The van der Waals surface area contributed by atoms with E-state index in [-0.39, 0.29) is 5.41 Å². The van der Waals surface area contributed by atoms with E-state index in [1.165, 1.54) is 54.4 Å². The smallest absolute Gasteiger partial charge is 0.0365 e. The Balaban J connectivity index is 2.09. The number of fused-ring (bicyclic) bond motifs is 3. The van der Waals surface area contributed by atoms with E-state index in [1.807, 2.05) is 0 Å². The zero-order chi connectivity index (χ0) is 17.0. The summed E-state index contributed by atoms with van der Waals surface area (Å²) < 4.78 is 0. The second-order valence-corrected chi connectivity index (χ2v) is 7.15. The number of nitrogens with one attached hydrogen (secondary N) is 1. The molecule has 1 atom stereocenters. The van der Waals surface area contributed by atoms with Crippen LogP contribution in [0.15, 0.2) is 48.5 Å². The molecule has 1 N–H and O–H groups in total. The van der Waals surface area contributed by atoms with Crippen molar-refractivity contribution >= 4 is 0 Å². The Kier molecular flexibility index (Phi) is 5.40. The summed E-state index contributed by atoms with van der Waals surface area (Å²) in [5, 5.41) is 3.75. The molecule has 0 saturated heterocycles. The highest BCUT2D eigenvalue weighted by Crippen LogP contribution is 2.53. The van der Waals surface area contributed by atoms with Crippen molar-refractivity contribution in [2.75, 3.05) is 6.54 Å². The van der Waals surface area contributed by atoms with Crippen LogP contribution in [0.1, 0.15) is 64.0 Å². The summed E-state index contributed by atoms with van der Waals surface area (Å²) in [4.78, 5) is 0. The Labute approximate surface area is 147 Å². The largest absolute Gasteiger partial charge is 0.313 e. The number of unbranched alkanes of at least 4 members (excludes halogenated alkanes) is 3. The van der Waals surface area contributed by atoms with Gasteiger partial charge in [0.1, 0.15) is 0 Å². The second-order valence-electron chi connectivity index (χ2n) is 7.15. The number of likely N-dealkylation sites (N-methyl/N-ethyl adjacent to an activating group) is 1. The highest BCUT2D eigenvalue weighted by Gasteiger charge is 2.45. The zero-order valence-corrected chi connectivity index (χ0v) is 15.4. The van der Waals surface area contributed by atoms with Gasteiger partial charge < -0.3 is 5.32 Å². The first-order valence-electron chi connectivity index (χ1n) is 9.68. The highest BCUT2D eigenvalue weighted by molar-refractivity contribution is 5.81. The third-order valence-corrected chi connectivity index (χ3v) is 5.78. The van der Waals surface area contributed by atoms with Gasteiger partial charge in [0.15, 0.2) is 0 Å². The topological polar surface area (TPSA) is 12.0 Å². The van der Waals surface area contributed by atoms with Gasteiger partial charge in [-0.3, -0.25) is 0 Å². The van der Waals surface area contributed by atoms with Gasteiger partial charge >= 0.3 is 0 Å². The summed E-state index contributed by atoms with van der Waals surface area (Å²) in [6.07, 6.45) is 6.50. The molecule has 3 rings (SSSR count). The summed E-state index contributed by atoms with van der Waals surface area (Å²) in [7, 11) is 0. The highest BCUT2D eigenvalue weighted by atomic mass is 14.9. The molecule has 24 heavy (non-hydrogen) atoms. The van der Waals surface area contributed by atoms with Crippen LogP contribution in [0.3, 0.4) is 0 Å². The van der Waals surface area contributed by atoms with Crippen molar-refractivity contribution in [3.63, 3.8) is 0 Å². The SMILES string of the molecule is CCCCCCC1(C(C)NCC)c2ccccc2-c2ccccc21. The van der Waals surface area contributed by atoms with Crippen LogP contribution in [0.2, 0.25) is 0 Å². The number of benzene rings is 2. The van der Waals surface area contributed by atoms with Gasteiger partial charge in [0.25, 0.3) is 0 Å². The molecule has 1 aliphatic carbocycles. The summed E-state index contributed by atoms with van der Waals surface area (Å²) >= 11 is 0. The molecular formula is C23H31N. The molecule has 0 aliphatic heterocycles. The van der Waals surface area contributed by atoms with E-state index in [4.69, 9.17) is 0 Å². The molecule has 0 fully saturated rings. The molecule has 0 heterocycles. The number of hydrogen-bond acceptors (Lipinski definition) is 1. The van der Waals surface area contributed by atoms with Gasteiger partial charge in [-0.05, 0) is 42.1 Å².